The van der Waals surface area contributed by atoms with Crippen molar-refractivity contribution in [2.45, 2.75) is 52.4 Å². The van der Waals surface area contributed by atoms with Crippen LogP contribution in [-0.2, 0) is 17.9 Å². The van der Waals surface area contributed by atoms with Crippen molar-refractivity contribution in [1.29, 1.82) is 0 Å². The number of aryl methyl sites for hydroxylation is 3. The Hall–Kier alpha value is -3.19. The smallest absolute Gasteiger partial charge is 0.201 e. The Morgan fingerprint density at radius 2 is 1.15 bits per heavy atom. The van der Waals surface area contributed by atoms with E-state index in [0.717, 1.165) is 0 Å². The van der Waals surface area contributed by atoms with Crippen LogP contribution in [0.15, 0.2) is 79.0 Å². The predicted octanol–water partition coefficient (Wildman–Crippen LogP) is 7.43. The van der Waals surface area contributed by atoms with Gasteiger partial charge in [0, 0.05) is 28.0 Å². The number of hydrogen-bond donors (Lipinski definition) is 0. The van der Waals surface area contributed by atoms with Gasteiger partial charge in [-0.15, -0.1) is 0 Å². The van der Waals surface area contributed by atoms with Gasteiger partial charge >= 0.3 is 0 Å². The highest BCUT2D eigenvalue weighted by Gasteiger charge is 2.41. The van der Waals surface area contributed by atoms with Gasteiger partial charge < -0.3 is 0 Å². The quantitative estimate of drug-likeness (QED) is 0.290. The van der Waals surface area contributed by atoms with Gasteiger partial charge in [0.2, 0.25) is 5.69 Å². The summed E-state index contributed by atoms with van der Waals surface area (Å²) in [6, 6.07) is 27.2. The summed E-state index contributed by atoms with van der Waals surface area (Å²) in [7, 11) is 2.15. The third-order valence-electron chi connectivity index (χ3n) is 7.85. The molecule has 0 atom stereocenters. The van der Waals surface area contributed by atoms with Crippen LogP contribution in [0.3, 0.4) is 0 Å². The van der Waals surface area contributed by atoms with Gasteiger partial charge in [-0.05, 0) is 64.9 Å². The first-order valence-electron chi connectivity index (χ1n) is 11.9. The van der Waals surface area contributed by atoms with Crippen LogP contribution in [0, 0.1) is 13.8 Å². The van der Waals surface area contributed by atoms with E-state index < -0.39 is 0 Å². The Morgan fingerprint density at radius 1 is 0.576 bits per heavy atom. The maximum Gasteiger partial charge on any atom is 0.213 e. The number of pyridine rings is 1. The van der Waals surface area contributed by atoms with Crippen LogP contribution < -0.4 is 4.57 Å². The van der Waals surface area contributed by atoms with E-state index in [1.165, 1.54) is 55.8 Å². The first kappa shape index (κ1) is 21.6. The minimum absolute atomic E-state index is 0.00946. The molecule has 1 nitrogen and oxygen atoms in total. The third kappa shape index (κ3) is 3.25. The highest BCUT2D eigenvalue weighted by Crippen LogP contribution is 2.50. The van der Waals surface area contributed by atoms with E-state index >= 15 is 0 Å². The number of rotatable bonds is 2. The number of nitrogens with zero attached hydrogens (tertiary/aromatic N) is 1. The lowest BCUT2D eigenvalue weighted by Crippen LogP contribution is -2.36. The molecule has 0 spiro atoms. The molecule has 4 aromatic rings. The molecular formula is C32H34N+. The van der Waals surface area contributed by atoms with Crippen LogP contribution in [0.1, 0.15) is 61.1 Å². The average molecular weight is 433 g/mol. The zero-order chi connectivity index (χ0) is 23.5. The molecule has 0 fully saturated rings. The van der Waals surface area contributed by atoms with Crippen LogP contribution in [-0.4, -0.2) is 0 Å². The van der Waals surface area contributed by atoms with Gasteiger partial charge in [-0.3, -0.25) is 0 Å². The molecule has 0 saturated heterocycles. The lowest BCUT2D eigenvalue weighted by molar-refractivity contribution is -0.660. The summed E-state index contributed by atoms with van der Waals surface area (Å²) in [5.41, 5.74) is 13.4. The van der Waals surface area contributed by atoms with Crippen molar-refractivity contribution in [2.24, 2.45) is 7.05 Å². The summed E-state index contributed by atoms with van der Waals surface area (Å²) < 4.78 is 2.25. The van der Waals surface area contributed by atoms with Crippen molar-refractivity contribution < 1.29 is 4.57 Å². The van der Waals surface area contributed by atoms with E-state index in [-0.39, 0.29) is 10.8 Å². The van der Waals surface area contributed by atoms with Gasteiger partial charge in [0.25, 0.3) is 0 Å². The Bertz CT molecular complexity index is 1390. The SMILES string of the molecule is Cc1c[n+](C)c(-c2ccccc2C)cc1-c1ccc2c(c1)C(C)(C)c1ccccc1C2(C)C. The number of aromatic nitrogens is 1. The Kier molecular flexibility index (Phi) is 4.86. The lowest BCUT2D eigenvalue weighted by atomic mass is 9.60. The van der Waals surface area contributed by atoms with Crippen LogP contribution >= 0.6 is 0 Å². The fourth-order valence-electron chi connectivity index (χ4n) is 5.86. The molecule has 166 valence electrons. The van der Waals surface area contributed by atoms with Crippen molar-refractivity contribution in [1.82, 2.24) is 0 Å². The molecule has 0 saturated carbocycles. The minimum Gasteiger partial charge on any atom is -0.201 e. The van der Waals surface area contributed by atoms with Gasteiger partial charge in [0.15, 0.2) is 6.20 Å². The van der Waals surface area contributed by atoms with Gasteiger partial charge in [0.1, 0.15) is 7.05 Å². The molecule has 1 aliphatic carbocycles. The molecule has 1 heteroatoms. The van der Waals surface area contributed by atoms with Gasteiger partial charge in [-0.25, -0.2) is 4.57 Å². The van der Waals surface area contributed by atoms with Crippen molar-refractivity contribution in [3.8, 4) is 22.4 Å². The summed E-state index contributed by atoms with van der Waals surface area (Å²) in [5, 5.41) is 0. The standard InChI is InChI=1S/C32H34N/c1-21-12-8-9-13-24(21)30-19-25(22(2)20-33(30)7)23-16-17-28-29(18-23)32(5,6)27-15-11-10-14-26(27)31(28,3)4/h8-20H,1-7H3/q+1. The second-order valence-electron chi connectivity index (χ2n) is 10.7. The predicted molar refractivity (Wildman–Crippen MR) is 139 cm³/mol. The molecule has 1 aliphatic rings. The summed E-state index contributed by atoms with van der Waals surface area (Å²) in [5.74, 6) is 0. The zero-order valence-electron chi connectivity index (χ0n) is 21.0. The molecule has 1 heterocycles. The molecular weight excluding hydrogens is 398 g/mol. The van der Waals surface area contributed by atoms with Gasteiger partial charge in [0.05, 0.1) is 0 Å². The molecule has 0 amide bonds. The van der Waals surface area contributed by atoms with E-state index in [2.05, 4.69) is 132 Å². The Labute approximate surface area is 198 Å². The van der Waals surface area contributed by atoms with E-state index in [9.17, 15) is 0 Å². The zero-order valence-corrected chi connectivity index (χ0v) is 21.0. The second-order valence-corrected chi connectivity index (χ2v) is 10.7. The topological polar surface area (TPSA) is 3.88 Å². The van der Waals surface area contributed by atoms with Crippen LogP contribution in [0.25, 0.3) is 22.4 Å². The van der Waals surface area contributed by atoms with Gasteiger partial charge in [-0.1, -0.05) is 82.3 Å². The van der Waals surface area contributed by atoms with Crippen molar-refractivity contribution in [3.05, 3.63) is 112 Å². The van der Waals surface area contributed by atoms with Crippen molar-refractivity contribution in [3.63, 3.8) is 0 Å². The number of benzene rings is 3. The van der Waals surface area contributed by atoms with E-state index in [1.807, 2.05) is 0 Å². The molecule has 0 aliphatic heterocycles. The maximum atomic E-state index is 2.46. The number of fused-ring (bicyclic) bond motifs is 2. The lowest BCUT2D eigenvalue weighted by Gasteiger charge is -2.44. The highest BCUT2D eigenvalue weighted by molar-refractivity contribution is 5.75. The van der Waals surface area contributed by atoms with Crippen LogP contribution in [0.5, 0.6) is 0 Å². The van der Waals surface area contributed by atoms with Gasteiger partial charge in [-0.2, -0.15) is 0 Å². The van der Waals surface area contributed by atoms with Crippen LogP contribution in [0.4, 0.5) is 0 Å². The molecule has 1 aromatic heterocycles. The molecule has 0 unspecified atom stereocenters. The van der Waals surface area contributed by atoms with E-state index in [4.69, 9.17) is 0 Å². The third-order valence-corrected chi connectivity index (χ3v) is 7.85. The first-order valence-corrected chi connectivity index (χ1v) is 11.9. The summed E-state index contributed by atoms with van der Waals surface area (Å²) in [4.78, 5) is 0. The largest absolute Gasteiger partial charge is 0.213 e. The maximum absolute atomic E-state index is 2.46. The molecule has 0 radical (unpaired) electrons. The Balaban J connectivity index is 1.72. The number of hydrogen-bond acceptors (Lipinski definition) is 0. The normalized spacial score (nSPS) is 15.6. The van der Waals surface area contributed by atoms with Crippen LogP contribution in [0.2, 0.25) is 0 Å². The summed E-state index contributed by atoms with van der Waals surface area (Å²) in [6.45, 7) is 13.9. The Morgan fingerprint density at radius 3 is 1.82 bits per heavy atom. The molecule has 5 rings (SSSR count). The minimum atomic E-state index is -0.0380. The fraction of sp³-hybridized carbons (Fsp3) is 0.281. The summed E-state index contributed by atoms with van der Waals surface area (Å²) in [6.07, 6.45) is 2.26. The fourth-order valence-corrected chi connectivity index (χ4v) is 5.86. The van der Waals surface area contributed by atoms with E-state index in [0.29, 0.717) is 0 Å². The molecule has 0 bridgehead atoms. The second kappa shape index (κ2) is 7.42. The average Bonchev–Trinajstić information content (AvgIpc) is 2.79. The van der Waals surface area contributed by atoms with Crippen molar-refractivity contribution in [2.75, 3.05) is 0 Å². The summed E-state index contributed by atoms with van der Waals surface area (Å²) >= 11 is 0. The highest BCUT2D eigenvalue weighted by atomic mass is 14.9. The molecule has 3 aromatic carbocycles. The monoisotopic (exact) mass is 432 g/mol. The van der Waals surface area contributed by atoms with Crippen molar-refractivity contribution >= 4 is 0 Å². The first-order chi connectivity index (χ1) is 15.6. The van der Waals surface area contributed by atoms with E-state index in [1.54, 1.807) is 0 Å². The molecule has 33 heavy (non-hydrogen) atoms. The molecule has 0 N–H and O–H groups in total.